The monoisotopic (exact) mass is 368 g/mol. The summed E-state index contributed by atoms with van der Waals surface area (Å²) in [6.07, 6.45) is 0. The number of thioether (sulfide) groups is 1. The molecule has 0 saturated carbocycles. The second-order valence-corrected chi connectivity index (χ2v) is 6.20. The molecule has 0 saturated heterocycles. The number of anilines is 1. The molecule has 0 aliphatic rings. The van der Waals surface area contributed by atoms with E-state index in [9.17, 15) is 9.59 Å². The number of hydrogen-bond donors (Lipinski definition) is 2. The molecule has 132 valence electrons. The van der Waals surface area contributed by atoms with Crippen LogP contribution in [-0.4, -0.2) is 34.0 Å². The van der Waals surface area contributed by atoms with E-state index in [-0.39, 0.29) is 22.9 Å². The number of carbonyl (C=O) groups excluding carboxylic acids is 1. The van der Waals surface area contributed by atoms with Crippen LogP contribution in [0, 0.1) is 0 Å². The van der Waals surface area contributed by atoms with Gasteiger partial charge in [0.2, 0.25) is 5.91 Å². The lowest BCUT2D eigenvalue weighted by atomic mass is 10.2. The van der Waals surface area contributed by atoms with Gasteiger partial charge in [-0.2, -0.15) is 0 Å². The van der Waals surface area contributed by atoms with Crippen molar-refractivity contribution in [1.82, 2.24) is 15.2 Å². The highest BCUT2D eigenvalue weighted by Crippen LogP contribution is 2.17. The van der Waals surface area contributed by atoms with Gasteiger partial charge in [-0.05, 0) is 24.3 Å². The highest BCUT2D eigenvalue weighted by molar-refractivity contribution is 7.99. The summed E-state index contributed by atoms with van der Waals surface area (Å²) in [4.78, 5) is 26.8. The molecule has 0 atom stereocenters. The minimum Gasteiger partial charge on any atom is -0.497 e. The highest BCUT2D eigenvalue weighted by Gasteiger charge is 2.09. The van der Waals surface area contributed by atoms with Gasteiger partial charge in [-0.15, -0.1) is 10.2 Å². The van der Waals surface area contributed by atoms with E-state index in [0.29, 0.717) is 22.2 Å². The van der Waals surface area contributed by atoms with Crippen LogP contribution in [0.3, 0.4) is 0 Å². The largest absolute Gasteiger partial charge is 0.497 e. The first kappa shape index (κ1) is 17.7. The van der Waals surface area contributed by atoms with Crippen molar-refractivity contribution in [2.45, 2.75) is 5.16 Å². The fourth-order valence-electron chi connectivity index (χ4n) is 2.18. The summed E-state index contributed by atoms with van der Waals surface area (Å²) >= 11 is 1.11. The number of carbonyl (C=O) groups is 1. The molecule has 1 aromatic heterocycles. The molecule has 0 unspecified atom stereocenters. The van der Waals surface area contributed by atoms with Crippen LogP contribution >= 0.6 is 11.8 Å². The Morgan fingerprint density at radius 2 is 1.85 bits per heavy atom. The van der Waals surface area contributed by atoms with Crippen molar-refractivity contribution in [2.24, 2.45) is 0 Å². The Kier molecular flexibility index (Phi) is 5.65. The Balaban J connectivity index is 1.60. The third kappa shape index (κ3) is 4.48. The Morgan fingerprint density at radius 1 is 1.12 bits per heavy atom. The van der Waals surface area contributed by atoms with Gasteiger partial charge in [0.1, 0.15) is 5.75 Å². The lowest BCUT2D eigenvalue weighted by Gasteiger charge is -2.06. The van der Waals surface area contributed by atoms with E-state index in [1.165, 1.54) is 0 Å². The Bertz CT molecular complexity index is 943. The molecule has 2 aromatic carbocycles. The van der Waals surface area contributed by atoms with Crippen molar-refractivity contribution in [3.8, 4) is 17.0 Å². The first-order valence-corrected chi connectivity index (χ1v) is 8.73. The molecule has 3 aromatic rings. The second-order valence-electron chi connectivity index (χ2n) is 5.24. The van der Waals surface area contributed by atoms with Gasteiger partial charge in [-0.1, -0.05) is 42.1 Å². The number of hydrogen-bond acceptors (Lipinski definition) is 6. The van der Waals surface area contributed by atoms with Gasteiger partial charge < -0.3 is 10.1 Å². The van der Waals surface area contributed by atoms with Crippen molar-refractivity contribution >= 4 is 23.4 Å². The number of ether oxygens (including phenoxy) is 1. The maximum Gasteiger partial charge on any atom is 0.278 e. The Hall–Kier alpha value is -3.13. The van der Waals surface area contributed by atoms with Crippen LogP contribution in [0.5, 0.6) is 5.75 Å². The molecule has 0 bridgehead atoms. The summed E-state index contributed by atoms with van der Waals surface area (Å²) in [5.41, 5.74) is 1.26. The van der Waals surface area contributed by atoms with Crippen LogP contribution in [0.1, 0.15) is 0 Å². The summed E-state index contributed by atoms with van der Waals surface area (Å²) in [5, 5.41) is 11.0. The number of aromatic nitrogens is 3. The summed E-state index contributed by atoms with van der Waals surface area (Å²) in [6, 6.07) is 16.1. The van der Waals surface area contributed by atoms with E-state index in [4.69, 9.17) is 4.74 Å². The van der Waals surface area contributed by atoms with Crippen LogP contribution in [0.15, 0.2) is 64.5 Å². The van der Waals surface area contributed by atoms with Crippen LogP contribution in [0.4, 0.5) is 5.69 Å². The molecule has 2 N–H and O–H groups in total. The molecule has 7 nitrogen and oxygen atoms in total. The van der Waals surface area contributed by atoms with Crippen molar-refractivity contribution in [3.63, 3.8) is 0 Å². The first-order chi connectivity index (χ1) is 12.7. The predicted molar refractivity (Wildman–Crippen MR) is 100 cm³/mol. The van der Waals surface area contributed by atoms with Gasteiger partial charge in [0.25, 0.3) is 5.56 Å². The van der Waals surface area contributed by atoms with Crippen molar-refractivity contribution in [2.75, 3.05) is 18.2 Å². The highest BCUT2D eigenvalue weighted by atomic mass is 32.2. The minimum atomic E-state index is -0.343. The van der Waals surface area contributed by atoms with Gasteiger partial charge in [0.15, 0.2) is 10.9 Å². The summed E-state index contributed by atoms with van der Waals surface area (Å²) in [7, 11) is 1.58. The van der Waals surface area contributed by atoms with Gasteiger partial charge in [-0.3, -0.25) is 14.6 Å². The maximum atomic E-state index is 12.2. The van der Waals surface area contributed by atoms with Gasteiger partial charge in [-0.25, -0.2) is 0 Å². The van der Waals surface area contributed by atoms with E-state index in [1.54, 1.807) is 43.5 Å². The average molecular weight is 368 g/mol. The number of nitrogens with zero attached hydrogens (tertiary/aromatic N) is 2. The molecule has 1 amide bonds. The Labute approximate surface area is 153 Å². The summed E-state index contributed by atoms with van der Waals surface area (Å²) < 4.78 is 5.07. The minimum absolute atomic E-state index is 0.0985. The van der Waals surface area contributed by atoms with E-state index >= 15 is 0 Å². The van der Waals surface area contributed by atoms with Crippen LogP contribution in [0.2, 0.25) is 0 Å². The molecule has 0 aliphatic heterocycles. The van der Waals surface area contributed by atoms with Gasteiger partial charge >= 0.3 is 0 Å². The van der Waals surface area contributed by atoms with E-state index < -0.39 is 0 Å². The van der Waals surface area contributed by atoms with Crippen LogP contribution in [0.25, 0.3) is 11.3 Å². The lowest BCUT2D eigenvalue weighted by Crippen LogP contribution is -2.17. The van der Waals surface area contributed by atoms with Gasteiger partial charge in [0.05, 0.1) is 12.9 Å². The zero-order valence-electron chi connectivity index (χ0n) is 13.9. The molecule has 1 heterocycles. The summed E-state index contributed by atoms with van der Waals surface area (Å²) in [6.45, 7) is 0. The maximum absolute atomic E-state index is 12.2. The summed E-state index contributed by atoms with van der Waals surface area (Å²) in [5.74, 6) is 0.597. The zero-order chi connectivity index (χ0) is 18.4. The number of aromatic amines is 1. The van der Waals surface area contributed by atoms with Crippen molar-refractivity contribution < 1.29 is 9.53 Å². The molecular formula is C18H16N4O3S. The van der Waals surface area contributed by atoms with E-state index in [2.05, 4.69) is 20.5 Å². The van der Waals surface area contributed by atoms with Crippen molar-refractivity contribution in [3.05, 3.63) is 65.0 Å². The lowest BCUT2D eigenvalue weighted by molar-refractivity contribution is -0.113. The number of amides is 1. The predicted octanol–water partition coefficient (Wildman–Crippen LogP) is 2.57. The number of methoxy groups -OCH3 is 1. The fourth-order valence-corrected chi connectivity index (χ4v) is 2.78. The number of benzene rings is 2. The smallest absolute Gasteiger partial charge is 0.278 e. The quantitative estimate of drug-likeness (QED) is 0.649. The molecule has 3 rings (SSSR count). The molecule has 0 fully saturated rings. The standard InChI is InChI=1S/C18H16N4O3S/c1-25-14-9-7-13(8-10-14)19-15(23)11-26-18-20-17(24)16(21-22-18)12-5-3-2-4-6-12/h2-10H,11H2,1H3,(H,19,23)(H,20,22,24). The number of H-pyrrole nitrogens is 1. The molecule has 0 radical (unpaired) electrons. The molecule has 0 aliphatic carbocycles. The number of nitrogens with one attached hydrogen (secondary N) is 2. The molecular weight excluding hydrogens is 352 g/mol. The van der Waals surface area contributed by atoms with Crippen molar-refractivity contribution in [1.29, 1.82) is 0 Å². The normalized spacial score (nSPS) is 10.3. The van der Waals surface area contributed by atoms with Gasteiger partial charge in [0, 0.05) is 11.3 Å². The SMILES string of the molecule is COc1ccc(NC(=O)CSc2nnc(-c3ccccc3)c(=O)[nH]2)cc1. The van der Waals surface area contributed by atoms with E-state index in [0.717, 1.165) is 11.8 Å². The molecule has 8 heteroatoms. The third-order valence-corrected chi connectivity index (χ3v) is 4.30. The molecule has 26 heavy (non-hydrogen) atoms. The average Bonchev–Trinajstić information content (AvgIpc) is 2.68. The second kappa shape index (κ2) is 8.30. The third-order valence-electron chi connectivity index (χ3n) is 3.44. The molecule has 0 spiro atoms. The Morgan fingerprint density at radius 3 is 2.50 bits per heavy atom. The zero-order valence-corrected chi connectivity index (χ0v) is 14.7. The fraction of sp³-hybridized carbons (Fsp3) is 0.111. The number of rotatable bonds is 6. The van der Waals surface area contributed by atoms with E-state index in [1.807, 2.05) is 18.2 Å². The first-order valence-electron chi connectivity index (χ1n) is 7.75. The van der Waals surface area contributed by atoms with Crippen LogP contribution < -0.4 is 15.6 Å². The topological polar surface area (TPSA) is 97.0 Å². The van der Waals surface area contributed by atoms with Crippen LogP contribution in [-0.2, 0) is 4.79 Å².